The Morgan fingerprint density at radius 1 is 1.29 bits per heavy atom. The Morgan fingerprint density at radius 3 is 2.59 bits per heavy atom. The highest BCUT2D eigenvalue weighted by atomic mass is 15.1. The molecule has 0 radical (unpaired) electrons. The maximum absolute atomic E-state index is 4.42. The third kappa shape index (κ3) is 4.69. The van der Waals surface area contributed by atoms with Crippen LogP contribution in [0.3, 0.4) is 0 Å². The lowest BCUT2D eigenvalue weighted by molar-refractivity contribution is 0.241. The zero-order chi connectivity index (χ0) is 12.7. The molecule has 1 heterocycles. The van der Waals surface area contributed by atoms with E-state index in [-0.39, 0.29) is 0 Å². The second-order valence-electron chi connectivity index (χ2n) is 4.49. The maximum atomic E-state index is 4.42. The molecule has 4 heteroatoms. The average molecular weight is 236 g/mol. The number of nitrogens with one attached hydrogen (secondary N) is 1. The van der Waals surface area contributed by atoms with E-state index in [1.165, 1.54) is 0 Å². The van der Waals surface area contributed by atoms with Gasteiger partial charge in [0.15, 0.2) is 0 Å². The molecule has 1 aromatic heterocycles. The van der Waals surface area contributed by atoms with Gasteiger partial charge >= 0.3 is 0 Å². The van der Waals surface area contributed by atoms with Gasteiger partial charge in [-0.05, 0) is 26.8 Å². The Hall–Kier alpha value is -1.16. The van der Waals surface area contributed by atoms with Gasteiger partial charge in [0.25, 0.3) is 0 Å². The summed E-state index contributed by atoms with van der Waals surface area (Å²) in [6.07, 6.45) is 5.92. The minimum atomic E-state index is 0.578. The van der Waals surface area contributed by atoms with Crippen LogP contribution in [0.15, 0.2) is 12.4 Å². The summed E-state index contributed by atoms with van der Waals surface area (Å²) in [5.41, 5.74) is 1.02. The summed E-state index contributed by atoms with van der Waals surface area (Å²) in [7, 11) is 2.12. The van der Waals surface area contributed by atoms with Gasteiger partial charge in [-0.15, -0.1) is 0 Å². The summed E-state index contributed by atoms with van der Waals surface area (Å²) in [5.74, 6) is 0.863. The SMILES string of the molecule is CCCNc1cnc(CN(C)C(C)CC)cn1. The lowest BCUT2D eigenvalue weighted by atomic mass is 10.2. The van der Waals surface area contributed by atoms with Crippen LogP contribution in [0.1, 0.15) is 39.3 Å². The zero-order valence-electron chi connectivity index (χ0n) is 11.4. The van der Waals surface area contributed by atoms with Crippen molar-refractivity contribution in [2.45, 2.75) is 46.2 Å². The molecule has 17 heavy (non-hydrogen) atoms. The van der Waals surface area contributed by atoms with E-state index < -0.39 is 0 Å². The van der Waals surface area contributed by atoms with Crippen LogP contribution >= 0.6 is 0 Å². The Bertz CT molecular complexity index is 310. The molecule has 4 nitrogen and oxygen atoms in total. The van der Waals surface area contributed by atoms with Gasteiger partial charge in [0.1, 0.15) is 5.82 Å². The Balaban J connectivity index is 2.50. The standard InChI is InChI=1S/C13H24N4/c1-5-7-14-13-9-15-12(8-16-13)10-17(4)11(3)6-2/h8-9,11H,5-7,10H2,1-4H3,(H,14,16). The highest BCUT2D eigenvalue weighted by Gasteiger charge is 2.08. The Morgan fingerprint density at radius 2 is 2.06 bits per heavy atom. The van der Waals surface area contributed by atoms with Crippen LogP contribution in [0, 0.1) is 0 Å². The number of rotatable bonds is 7. The van der Waals surface area contributed by atoms with Gasteiger partial charge < -0.3 is 5.32 Å². The van der Waals surface area contributed by atoms with Crippen LogP contribution in [0.4, 0.5) is 5.82 Å². The summed E-state index contributed by atoms with van der Waals surface area (Å²) < 4.78 is 0. The molecule has 0 amide bonds. The molecule has 0 aliphatic heterocycles. The van der Waals surface area contributed by atoms with Crippen LogP contribution in [0.5, 0.6) is 0 Å². The molecule has 1 N–H and O–H groups in total. The molecule has 0 fully saturated rings. The molecule has 1 rings (SSSR count). The molecule has 0 saturated heterocycles. The number of aromatic nitrogens is 2. The van der Waals surface area contributed by atoms with Gasteiger partial charge in [-0.1, -0.05) is 13.8 Å². The molecule has 0 aliphatic carbocycles. The van der Waals surface area contributed by atoms with Crippen LogP contribution < -0.4 is 5.32 Å². The molecule has 96 valence electrons. The first-order valence-electron chi connectivity index (χ1n) is 6.42. The molecule has 1 atom stereocenters. The topological polar surface area (TPSA) is 41.1 Å². The quantitative estimate of drug-likeness (QED) is 0.790. The van der Waals surface area contributed by atoms with E-state index >= 15 is 0 Å². The fourth-order valence-corrected chi connectivity index (χ4v) is 1.50. The predicted molar refractivity (Wildman–Crippen MR) is 72.0 cm³/mol. The molecule has 0 aromatic carbocycles. The van der Waals surface area contributed by atoms with Crippen molar-refractivity contribution in [2.24, 2.45) is 0 Å². The fourth-order valence-electron chi connectivity index (χ4n) is 1.50. The fraction of sp³-hybridized carbons (Fsp3) is 0.692. The van der Waals surface area contributed by atoms with Gasteiger partial charge in [-0.3, -0.25) is 9.88 Å². The van der Waals surface area contributed by atoms with Crippen molar-refractivity contribution in [1.82, 2.24) is 14.9 Å². The van der Waals surface area contributed by atoms with Gasteiger partial charge in [-0.25, -0.2) is 4.98 Å². The molecule has 0 spiro atoms. The molecule has 0 aliphatic rings. The van der Waals surface area contributed by atoms with Crippen LogP contribution in [-0.4, -0.2) is 34.5 Å². The summed E-state index contributed by atoms with van der Waals surface area (Å²) in [6.45, 7) is 8.36. The van der Waals surface area contributed by atoms with Gasteiger partial charge in [0.2, 0.25) is 0 Å². The second kappa shape index (κ2) is 7.22. The van der Waals surface area contributed by atoms with Crippen molar-refractivity contribution < 1.29 is 0 Å². The van der Waals surface area contributed by atoms with Crippen molar-refractivity contribution in [3.8, 4) is 0 Å². The van der Waals surface area contributed by atoms with Gasteiger partial charge in [0, 0.05) is 19.1 Å². The maximum Gasteiger partial charge on any atom is 0.144 e. The molecule has 1 aromatic rings. The molecule has 1 unspecified atom stereocenters. The smallest absolute Gasteiger partial charge is 0.144 e. The van der Waals surface area contributed by atoms with Crippen molar-refractivity contribution in [3.05, 3.63) is 18.1 Å². The average Bonchev–Trinajstić information content (AvgIpc) is 2.37. The first kappa shape index (κ1) is 13.9. The van der Waals surface area contributed by atoms with Gasteiger partial charge in [-0.2, -0.15) is 0 Å². The highest BCUT2D eigenvalue weighted by Crippen LogP contribution is 2.07. The van der Waals surface area contributed by atoms with Crippen molar-refractivity contribution in [1.29, 1.82) is 0 Å². The summed E-state index contributed by atoms with van der Waals surface area (Å²) in [6, 6.07) is 0.578. The Kier molecular flexibility index (Phi) is 5.91. The largest absolute Gasteiger partial charge is 0.369 e. The van der Waals surface area contributed by atoms with E-state index in [9.17, 15) is 0 Å². The lowest BCUT2D eigenvalue weighted by Crippen LogP contribution is -2.28. The van der Waals surface area contributed by atoms with E-state index in [0.717, 1.165) is 37.4 Å². The molecular weight excluding hydrogens is 212 g/mol. The normalized spacial score (nSPS) is 12.8. The molecule has 0 saturated carbocycles. The van der Waals surface area contributed by atoms with E-state index in [0.29, 0.717) is 6.04 Å². The monoisotopic (exact) mass is 236 g/mol. The van der Waals surface area contributed by atoms with Crippen LogP contribution in [0.2, 0.25) is 0 Å². The molecular formula is C13H24N4. The number of hydrogen-bond donors (Lipinski definition) is 1. The minimum Gasteiger partial charge on any atom is -0.369 e. The summed E-state index contributed by atoms with van der Waals surface area (Å²) >= 11 is 0. The highest BCUT2D eigenvalue weighted by molar-refractivity contribution is 5.30. The van der Waals surface area contributed by atoms with Crippen molar-refractivity contribution >= 4 is 5.82 Å². The Labute approximate surface area is 104 Å². The van der Waals surface area contributed by atoms with E-state index in [4.69, 9.17) is 0 Å². The predicted octanol–water partition coefficient (Wildman–Crippen LogP) is 2.53. The third-order valence-corrected chi connectivity index (χ3v) is 3.02. The summed E-state index contributed by atoms with van der Waals surface area (Å²) in [4.78, 5) is 11.1. The van der Waals surface area contributed by atoms with Crippen molar-refractivity contribution in [3.63, 3.8) is 0 Å². The van der Waals surface area contributed by atoms with Crippen molar-refractivity contribution in [2.75, 3.05) is 18.9 Å². The number of anilines is 1. The van der Waals surface area contributed by atoms with E-state index in [1.807, 2.05) is 12.4 Å². The van der Waals surface area contributed by atoms with Gasteiger partial charge in [0.05, 0.1) is 18.1 Å². The minimum absolute atomic E-state index is 0.578. The van der Waals surface area contributed by atoms with Crippen LogP contribution in [-0.2, 0) is 6.54 Å². The first-order valence-corrected chi connectivity index (χ1v) is 6.42. The van der Waals surface area contributed by atoms with E-state index in [1.54, 1.807) is 0 Å². The number of hydrogen-bond acceptors (Lipinski definition) is 4. The second-order valence-corrected chi connectivity index (χ2v) is 4.49. The lowest BCUT2D eigenvalue weighted by Gasteiger charge is -2.22. The number of nitrogens with zero attached hydrogens (tertiary/aromatic N) is 3. The third-order valence-electron chi connectivity index (χ3n) is 3.02. The first-order chi connectivity index (χ1) is 8.17. The van der Waals surface area contributed by atoms with E-state index in [2.05, 4.69) is 48.0 Å². The summed E-state index contributed by atoms with van der Waals surface area (Å²) in [5, 5.41) is 3.22. The zero-order valence-corrected chi connectivity index (χ0v) is 11.4. The van der Waals surface area contributed by atoms with Crippen LogP contribution in [0.25, 0.3) is 0 Å². The molecule has 0 bridgehead atoms.